The maximum absolute atomic E-state index is 12.8. The first-order valence-corrected chi connectivity index (χ1v) is 9.67. The maximum Gasteiger partial charge on any atom is 0.254 e. The fourth-order valence-corrected chi connectivity index (χ4v) is 3.88. The van der Waals surface area contributed by atoms with Gasteiger partial charge in [0.05, 0.1) is 18.3 Å². The van der Waals surface area contributed by atoms with Crippen molar-refractivity contribution in [1.82, 2.24) is 14.9 Å². The minimum absolute atomic E-state index is 0.0659. The molecule has 0 spiro atoms. The summed E-state index contributed by atoms with van der Waals surface area (Å²) in [4.78, 5) is 24.4. The van der Waals surface area contributed by atoms with Crippen molar-refractivity contribution in [2.75, 3.05) is 19.7 Å². The summed E-state index contributed by atoms with van der Waals surface area (Å²) in [5, 5.41) is 1.98. The zero-order chi connectivity index (χ0) is 17.8. The van der Waals surface area contributed by atoms with E-state index < -0.39 is 0 Å². The predicted molar refractivity (Wildman–Crippen MR) is 99.1 cm³/mol. The van der Waals surface area contributed by atoms with Crippen LogP contribution in [0.1, 0.15) is 52.8 Å². The Morgan fingerprint density at radius 1 is 1.40 bits per heavy atom. The topological polar surface area (TPSA) is 55.3 Å². The average molecular weight is 359 g/mol. The van der Waals surface area contributed by atoms with Crippen LogP contribution >= 0.6 is 11.3 Å². The number of aryl methyl sites for hydroxylation is 2. The lowest BCUT2D eigenvalue weighted by atomic mass is 10.1. The smallest absolute Gasteiger partial charge is 0.254 e. The molecule has 1 fully saturated rings. The Bertz CT molecular complexity index is 729. The van der Waals surface area contributed by atoms with Gasteiger partial charge in [0.2, 0.25) is 0 Å². The molecule has 2 aromatic heterocycles. The molecule has 6 heteroatoms. The molecule has 25 heavy (non-hydrogen) atoms. The van der Waals surface area contributed by atoms with E-state index in [0.717, 1.165) is 29.8 Å². The fourth-order valence-electron chi connectivity index (χ4n) is 2.98. The molecule has 5 nitrogen and oxygen atoms in total. The Kier molecular flexibility index (Phi) is 5.81. The van der Waals surface area contributed by atoms with E-state index >= 15 is 0 Å². The van der Waals surface area contributed by atoms with E-state index in [1.807, 2.05) is 29.3 Å². The third-order valence-electron chi connectivity index (χ3n) is 4.44. The van der Waals surface area contributed by atoms with Crippen molar-refractivity contribution in [3.8, 4) is 0 Å². The Morgan fingerprint density at radius 2 is 2.24 bits per heavy atom. The van der Waals surface area contributed by atoms with E-state index in [-0.39, 0.29) is 12.0 Å². The van der Waals surface area contributed by atoms with Crippen molar-refractivity contribution < 1.29 is 9.53 Å². The molecule has 0 saturated carbocycles. The van der Waals surface area contributed by atoms with Crippen LogP contribution in [0, 0.1) is 6.92 Å². The number of rotatable bonds is 5. The third-order valence-corrected chi connectivity index (χ3v) is 5.68. The number of carbonyl (C=O) groups excluding carboxylic acids is 1. The first-order chi connectivity index (χ1) is 12.0. The molecule has 1 atom stereocenters. The highest BCUT2D eigenvalue weighted by Gasteiger charge is 2.25. The van der Waals surface area contributed by atoms with Gasteiger partial charge in [0.1, 0.15) is 6.33 Å². The molecule has 0 unspecified atom stereocenters. The number of carbonyl (C=O) groups is 1. The van der Waals surface area contributed by atoms with Gasteiger partial charge in [-0.05, 0) is 37.8 Å². The summed E-state index contributed by atoms with van der Waals surface area (Å²) in [5.41, 5.74) is 2.81. The SMILES string of the molecule is Cc1cc(CC[C@H]2CN(C(=O)c3csc(C(C)C)c3)CCO2)ncn1. The Morgan fingerprint density at radius 3 is 2.96 bits per heavy atom. The van der Waals surface area contributed by atoms with E-state index in [0.29, 0.717) is 25.6 Å². The molecule has 1 amide bonds. The van der Waals surface area contributed by atoms with Crippen LogP contribution in [0.15, 0.2) is 23.8 Å². The monoisotopic (exact) mass is 359 g/mol. The van der Waals surface area contributed by atoms with Crippen LogP contribution in [0.4, 0.5) is 0 Å². The molecular weight excluding hydrogens is 334 g/mol. The van der Waals surface area contributed by atoms with Crippen LogP contribution in [0.25, 0.3) is 0 Å². The van der Waals surface area contributed by atoms with E-state index in [9.17, 15) is 4.79 Å². The Hall–Kier alpha value is -1.79. The van der Waals surface area contributed by atoms with Gasteiger partial charge in [-0.3, -0.25) is 4.79 Å². The Labute approximate surface area is 153 Å². The largest absolute Gasteiger partial charge is 0.375 e. The minimum Gasteiger partial charge on any atom is -0.375 e. The van der Waals surface area contributed by atoms with Crippen LogP contribution in [-0.4, -0.2) is 46.6 Å². The summed E-state index contributed by atoms with van der Waals surface area (Å²) < 4.78 is 5.85. The fraction of sp³-hybridized carbons (Fsp3) is 0.526. The van der Waals surface area contributed by atoms with Gasteiger partial charge in [-0.15, -0.1) is 11.3 Å². The minimum atomic E-state index is 0.0659. The second-order valence-electron chi connectivity index (χ2n) is 6.83. The number of amides is 1. The highest BCUT2D eigenvalue weighted by molar-refractivity contribution is 7.10. The molecule has 0 aliphatic carbocycles. The second kappa shape index (κ2) is 8.06. The number of ether oxygens (including phenoxy) is 1. The van der Waals surface area contributed by atoms with Crippen molar-refractivity contribution in [2.45, 2.75) is 45.6 Å². The summed E-state index contributed by atoms with van der Waals surface area (Å²) in [7, 11) is 0. The van der Waals surface area contributed by atoms with E-state index in [1.54, 1.807) is 17.7 Å². The van der Waals surface area contributed by atoms with Gasteiger partial charge >= 0.3 is 0 Å². The normalized spacial score (nSPS) is 17.9. The lowest BCUT2D eigenvalue weighted by Crippen LogP contribution is -2.45. The summed E-state index contributed by atoms with van der Waals surface area (Å²) in [6.07, 6.45) is 3.37. The summed E-state index contributed by atoms with van der Waals surface area (Å²) in [5.74, 6) is 0.578. The van der Waals surface area contributed by atoms with Gasteiger partial charge in [0.15, 0.2) is 0 Å². The van der Waals surface area contributed by atoms with Crippen LogP contribution in [-0.2, 0) is 11.2 Å². The van der Waals surface area contributed by atoms with Crippen molar-refractivity contribution >= 4 is 17.2 Å². The van der Waals surface area contributed by atoms with E-state index in [4.69, 9.17) is 4.74 Å². The number of hydrogen-bond acceptors (Lipinski definition) is 5. The van der Waals surface area contributed by atoms with Crippen molar-refractivity contribution in [3.05, 3.63) is 45.7 Å². The summed E-state index contributed by atoms with van der Waals surface area (Å²) >= 11 is 1.67. The molecule has 134 valence electrons. The molecule has 1 aliphatic heterocycles. The maximum atomic E-state index is 12.8. The van der Waals surface area contributed by atoms with Gasteiger partial charge in [-0.2, -0.15) is 0 Å². The van der Waals surface area contributed by atoms with Crippen molar-refractivity contribution in [1.29, 1.82) is 0 Å². The van der Waals surface area contributed by atoms with E-state index in [1.165, 1.54) is 4.88 Å². The van der Waals surface area contributed by atoms with Crippen molar-refractivity contribution in [3.63, 3.8) is 0 Å². The highest BCUT2D eigenvalue weighted by Crippen LogP contribution is 2.24. The average Bonchev–Trinajstić information content (AvgIpc) is 3.10. The molecule has 3 heterocycles. The van der Waals surface area contributed by atoms with E-state index in [2.05, 4.69) is 23.8 Å². The molecule has 0 radical (unpaired) electrons. The number of nitrogens with zero attached hydrogens (tertiary/aromatic N) is 3. The Balaban J connectivity index is 1.57. The lowest BCUT2D eigenvalue weighted by molar-refractivity contribution is -0.0246. The molecular formula is C19H25N3O2S. The van der Waals surface area contributed by atoms with Crippen LogP contribution in [0.5, 0.6) is 0 Å². The van der Waals surface area contributed by atoms with Gasteiger partial charge in [0.25, 0.3) is 5.91 Å². The van der Waals surface area contributed by atoms with Crippen molar-refractivity contribution in [2.24, 2.45) is 0 Å². The van der Waals surface area contributed by atoms with Gasteiger partial charge in [0, 0.05) is 34.7 Å². The van der Waals surface area contributed by atoms with Gasteiger partial charge in [-0.1, -0.05) is 13.8 Å². The van der Waals surface area contributed by atoms with Gasteiger partial charge in [-0.25, -0.2) is 9.97 Å². The zero-order valence-electron chi connectivity index (χ0n) is 15.1. The lowest BCUT2D eigenvalue weighted by Gasteiger charge is -2.33. The zero-order valence-corrected chi connectivity index (χ0v) is 15.9. The summed E-state index contributed by atoms with van der Waals surface area (Å²) in [6, 6.07) is 4.04. The molecule has 0 aromatic carbocycles. The number of thiophene rings is 1. The second-order valence-corrected chi connectivity index (χ2v) is 7.77. The molecule has 1 saturated heterocycles. The number of aromatic nitrogens is 2. The molecule has 0 bridgehead atoms. The first-order valence-electron chi connectivity index (χ1n) is 8.79. The van der Waals surface area contributed by atoms with Crippen LogP contribution in [0.2, 0.25) is 0 Å². The van der Waals surface area contributed by atoms with Crippen LogP contribution in [0.3, 0.4) is 0 Å². The standard InChI is InChI=1S/C19H25N3O2S/c1-13(2)18-9-15(11-25-18)19(23)22-6-7-24-17(10-22)5-4-16-8-14(3)20-12-21-16/h8-9,11-13,17H,4-7,10H2,1-3H3/t17-/m0/s1. The predicted octanol–water partition coefficient (Wildman–Crippen LogP) is 3.44. The number of hydrogen-bond donors (Lipinski definition) is 0. The quantitative estimate of drug-likeness (QED) is 0.820. The molecule has 1 aliphatic rings. The number of morpholine rings is 1. The molecule has 3 rings (SSSR count). The summed E-state index contributed by atoms with van der Waals surface area (Å²) in [6.45, 7) is 8.18. The highest BCUT2D eigenvalue weighted by atomic mass is 32.1. The van der Waals surface area contributed by atoms with Gasteiger partial charge < -0.3 is 9.64 Å². The molecule has 0 N–H and O–H groups in total. The first kappa shape index (κ1) is 18.0. The van der Waals surface area contributed by atoms with Crippen LogP contribution < -0.4 is 0 Å². The molecule has 2 aromatic rings. The third kappa shape index (κ3) is 4.64.